The summed E-state index contributed by atoms with van der Waals surface area (Å²) < 4.78 is 4.96. The van der Waals surface area contributed by atoms with Gasteiger partial charge in [-0.3, -0.25) is 4.79 Å². The van der Waals surface area contributed by atoms with Crippen molar-refractivity contribution < 1.29 is 14.0 Å². The lowest BCUT2D eigenvalue weighted by Gasteiger charge is -2.33. The average molecular weight is 362 g/mol. The zero-order valence-corrected chi connectivity index (χ0v) is 15.2. The number of hydrogen-bond donors (Lipinski definition) is 1. The highest BCUT2D eigenvalue weighted by Crippen LogP contribution is 2.15. The van der Waals surface area contributed by atoms with Crippen molar-refractivity contribution in [1.29, 1.82) is 0 Å². The van der Waals surface area contributed by atoms with Crippen LogP contribution in [-0.2, 0) is 6.54 Å². The molecule has 7 nitrogen and oxygen atoms in total. The van der Waals surface area contributed by atoms with Gasteiger partial charge in [0, 0.05) is 31.6 Å². The van der Waals surface area contributed by atoms with Crippen molar-refractivity contribution in [3.05, 3.63) is 40.2 Å². The molecule has 0 aromatic carbocycles. The van der Waals surface area contributed by atoms with Gasteiger partial charge < -0.3 is 19.5 Å². The molecule has 1 aliphatic rings. The standard InChI is InChI=1S/C17H22N4O3S/c1-12-18-15(11-25-12)9-20(2)17(23)19-14-3-6-21(7-4-14)16(22)13-5-8-24-10-13/h5,8,10-11,14H,3-4,6-7,9H2,1-2H3,(H,19,23). The quantitative estimate of drug-likeness (QED) is 0.906. The molecule has 0 aliphatic carbocycles. The molecule has 0 atom stereocenters. The third-order valence-corrected chi connectivity index (χ3v) is 5.11. The fraction of sp³-hybridized carbons (Fsp3) is 0.471. The number of aromatic nitrogens is 1. The van der Waals surface area contributed by atoms with Gasteiger partial charge in [-0.15, -0.1) is 11.3 Å². The molecule has 0 unspecified atom stereocenters. The summed E-state index contributed by atoms with van der Waals surface area (Å²) in [5, 5.41) is 6.02. The fourth-order valence-electron chi connectivity index (χ4n) is 2.88. The molecule has 3 heterocycles. The number of nitrogens with zero attached hydrogens (tertiary/aromatic N) is 3. The van der Waals surface area contributed by atoms with E-state index in [0.29, 0.717) is 25.2 Å². The van der Waals surface area contributed by atoms with Crippen LogP contribution in [0.3, 0.4) is 0 Å². The number of carbonyl (C=O) groups is 2. The molecule has 1 fully saturated rings. The summed E-state index contributed by atoms with van der Waals surface area (Å²) in [6.45, 7) is 3.70. The molecule has 2 aromatic rings. The van der Waals surface area contributed by atoms with Crippen LogP contribution in [0.5, 0.6) is 0 Å². The summed E-state index contributed by atoms with van der Waals surface area (Å²) >= 11 is 1.58. The normalized spacial score (nSPS) is 15.2. The molecular formula is C17H22N4O3S. The predicted octanol–water partition coefficient (Wildman–Crippen LogP) is 2.49. The first-order chi connectivity index (χ1) is 12.0. The summed E-state index contributed by atoms with van der Waals surface area (Å²) in [5.74, 6) is -0.0189. The number of amides is 3. The van der Waals surface area contributed by atoms with E-state index in [1.165, 1.54) is 12.5 Å². The van der Waals surface area contributed by atoms with Gasteiger partial charge in [0.2, 0.25) is 0 Å². The zero-order chi connectivity index (χ0) is 17.8. The fourth-order valence-corrected chi connectivity index (χ4v) is 3.48. The second-order valence-electron chi connectivity index (χ2n) is 6.24. The summed E-state index contributed by atoms with van der Waals surface area (Å²) in [6.07, 6.45) is 4.46. The van der Waals surface area contributed by atoms with Gasteiger partial charge in [-0.05, 0) is 25.8 Å². The van der Waals surface area contributed by atoms with Crippen molar-refractivity contribution in [2.75, 3.05) is 20.1 Å². The van der Waals surface area contributed by atoms with Crippen LogP contribution >= 0.6 is 11.3 Å². The minimum Gasteiger partial charge on any atom is -0.472 e. The number of carbonyl (C=O) groups excluding carboxylic acids is 2. The number of thiazole rings is 1. The first kappa shape index (κ1) is 17.5. The van der Waals surface area contributed by atoms with Crippen molar-refractivity contribution in [3.8, 4) is 0 Å². The Balaban J connectivity index is 1.45. The summed E-state index contributed by atoms with van der Waals surface area (Å²) in [5.41, 5.74) is 1.47. The highest BCUT2D eigenvalue weighted by Gasteiger charge is 2.25. The van der Waals surface area contributed by atoms with Gasteiger partial charge in [0.1, 0.15) is 6.26 Å². The number of likely N-dealkylation sites (tertiary alicyclic amines) is 1. The second kappa shape index (κ2) is 7.69. The van der Waals surface area contributed by atoms with Gasteiger partial charge in [0.05, 0.1) is 29.1 Å². The van der Waals surface area contributed by atoms with Crippen LogP contribution in [-0.4, -0.2) is 52.9 Å². The molecule has 3 amide bonds. The molecule has 25 heavy (non-hydrogen) atoms. The van der Waals surface area contributed by atoms with E-state index in [1.807, 2.05) is 12.3 Å². The van der Waals surface area contributed by atoms with Gasteiger partial charge in [0.25, 0.3) is 5.91 Å². The van der Waals surface area contributed by atoms with Crippen LogP contribution in [0, 0.1) is 6.92 Å². The van der Waals surface area contributed by atoms with E-state index < -0.39 is 0 Å². The highest BCUT2D eigenvalue weighted by molar-refractivity contribution is 7.09. The van der Waals surface area contributed by atoms with E-state index in [4.69, 9.17) is 4.42 Å². The van der Waals surface area contributed by atoms with Crippen molar-refractivity contribution >= 4 is 23.3 Å². The predicted molar refractivity (Wildman–Crippen MR) is 94.5 cm³/mol. The number of hydrogen-bond acceptors (Lipinski definition) is 5. The van der Waals surface area contributed by atoms with Crippen molar-refractivity contribution in [3.63, 3.8) is 0 Å². The first-order valence-corrected chi connectivity index (χ1v) is 9.15. The third kappa shape index (κ3) is 4.39. The molecule has 1 saturated heterocycles. The van der Waals surface area contributed by atoms with Crippen molar-refractivity contribution in [2.45, 2.75) is 32.4 Å². The van der Waals surface area contributed by atoms with Crippen LogP contribution in [0.25, 0.3) is 0 Å². The van der Waals surface area contributed by atoms with Crippen LogP contribution in [0.4, 0.5) is 4.79 Å². The van der Waals surface area contributed by atoms with Gasteiger partial charge in [-0.25, -0.2) is 9.78 Å². The van der Waals surface area contributed by atoms with Crippen LogP contribution < -0.4 is 5.32 Å². The monoisotopic (exact) mass is 362 g/mol. The van der Waals surface area contributed by atoms with E-state index in [9.17, 15) is 9.59 Å². The molecule has 1 N–H and O–H groups in total. The molecule has 134 valence electrons. The molecule has 3 rings (SSSR count). The van der Waals surface area contributed by atoms with Crippen LogP contribution in [0.1, 0.15) is 33.9 Å². The summed E-state index contributed by atoms with van der Waals surface area (Å²) in [4.78, 5) is 32.4. The number of aryl methyl sites for hydroxylation is 1. The maximum atomic E-state index is 12.3. The van der Waals surface area contributed by atoms with Crippen LogP contribution in [0.15, 0.2) is 28.4 Å². The molecule has 8 heteroatoms. The molecule has 0 bridgehead atoms. The summed E-state index contributed by atoms with van der Waals surface area (Å²) in [6, 6.07) is 1.65. The zero-order valence-electron chi connectivity index (χ0n) is 14.4. The lowest BCUT2D eigenvalue weighted by molar-refractivity contribution is 0.0706. The largest absolute Gasteiger partial charge is 0.472 e. The van der Waals surface area contributed by atoms with E-state index in [2.05, 4.69) is 10.3 Å². The maximum Gasteiger partial charge on any atom is 0.317 e. The molecule has 1 aliphatic heterocycles. The Hall–Kier alpha value is -2.35. The first-order valence-electron chi connectivity index (χ1n) is 8.27. The minimum absolute atomic E-state index is 0.0189. The topological polar surface area (TPSA) is 78.7 Å². The Kier molecular flexibility index (Phi) is 5.37. The average Bonchev–Trinajstić information content (AvgIpc) is 3.27. The number of furan rings is 1. The maximum absolute atomic E-state index is 12.3. The van der Waals surface area contributed by atoms with E-state index >= 15 is 0 Å². The third-order valence-electron chi connectivity index (χ3n) is 4.29. The number of rotatable bonds is 4. The van der Waals surface area contributed by atoms with Gasteiger partial charge in [-0.1, -0.05) is 0 Å². The van der Waals surface area contributed by atoms with Crippen LogP contribution in [0.2, 0.25) is 0 Å². The Morgan fingerprint density at radius 3 is 2.80 bits per heavy atom. The molecule has 2 aromatic heterocycles. The number of urea groups is 1. The Bertz CT molecular complexity index is 720. The molecule has 0 spiro atoms. The van der Waals surface area contributed by atoms with Crippen molar-refractivity contribution in [2.24, 2.45) is 0 Å². The number of piperidine rings is 1. The van der Waals surface area contributed by atoms with E-state index in [0.717, 1.165) is 23.5 Å². The van der Waals surface area contributed by atoms with Gasteiger partial charge >= 0.3 is 6.03 Å². The lowest BCUT2D eigenvalue weighted by Crippen LogP contribution is -2.49. The van der Waals surface area contributed by atoms with E-state index in [1.54, 1.807) is 34.3 Å². The number of nitrogens with one attached hydrogen (secondary N) is 1. The Labute approximate surface area is 150 Å². The second-order valence-corrected chi connectivity index (χ2v) is 7.30. The van der Waals surface area contributed by atoms with E-state index in [-0.39, 0.29) is 18.0 Å². The lowest BCUT2D eigenvalue weighted by atomic mass is 10.0. The SMILES string of the molecule is Cc1nc(CN(C)C(=O)NC2CCN(C(=O)c3ccoc3)CC2)cs1. The highest BCUT2D eigenvalue weighted by atomic mass is 32.1. The Morgan fingerprint density at radius 1 is 1.44 bits per heavy atom. The Morgan fingerprint density at radius 2 is 2.20 bits per heavy atom. The molecule has 0 radical (unpaired) electrons. The smallest absolute Gasteiger partial charge is 0.317 e. The van der Waals surface area contributed by atoms with Crippen molar-refractivity contribution in [1.82, 2.24) is 20.1 Å². The molecule has 0 saturated carbocycles. The minimum atomic E-state index is -0.106. The molecular weight excluding hydrogens is 340 g/mol. The van der Waals surface area contributed by atoms with Gasteiger partial charge in [-0.2, -0.15) is 0 Å². The van der Waals surface area contributed by atoms with Gasteiger partial charge in [0.15, 0.2) is 0 Å². The summed E-state index contributed by atoms with van der Waals surface area (Å²) in [7, 11) is 1.77.